The maximum absolute atomic E-state index is 13.7. The van der Waals surface area contributed by atoms with Gasteiger partial charge in [-0.2, -0.15) is 0 Å². The lowest BCUT2D eigenvalue weighted by molar-refractivity contribution is -0.120. The zero-order valence-corrected chi connectivity index (χ0v) is 13.1. The standard InChI is InChI=1S/C16H12ClFN4O2/c17-12-2-1-3-13(18)11(12)8-14(23)20-9-15-21-22-16(24-15)10-4-6-19-7-5-10/h1-7H,8-9H2,(H,20,23). The second-order valence-corrected chi connectivity index (χ2v) is 5.30. The molecule has 0 fully saturated rings. The zero-order chi connectivity index (χ0) is 16.9. The van der Waals surface area contributed by atoms with Gasteiger partial charge in [-0.3, -0.25) is 9.78 Å². The molecule has 8 heteroatoms. The highest BCUT2D eigenvalue weighted by atomic mass is 35.5. The Bertz CT molecular complexity index is 834. The molecular weight excluding hydrogens is 335 g/mol. The molecule has 3 rings (SSSR count). The molecule has 0 aliphatic carbocycles. The van der Waals surface area contributed by atoms with Crippen molar-refractivity contribution in [3.05, 3.63) is 65.0 Å². The molecule has 1 N–H and O–H groups in total. The molecule has 0 bridgehead atoms. The summed E-state index contributed by atoms with van der Waals surface area (Å²) < 4.78 is 19.1. The van der Waals surface area contributed by atoms with E-state index in [0.717, 1.165) is 5.56 Å². The van der Waals surface area contributed by atoms with Crippen LogP contribution in [0.1, 0.15) is 11.5 Å². The van der Waals surface area contributed by atoms with E-state index in [-0.39, 0.29) is 29.4 Å². The summed E-state index contributed by atoms with van der Waals surface area (Å²) in [7, 11) is 0. The van der Waals surface area contributed by atoms with E-state index in [9.17, 15) is 9.18 Å². The molecule has 3 aromatic rings. The van der Waals surface area contributed by atoms with Gasteiger partial charge in [-0.25, -0.2) is 4.39 Å². The van der Waals surface area contributed by atoms with E-state index in [4.69, 9.17) is 16.0 Å². The number of amides is 1. The van der Waals surface area contributed by atoms with Gasteiger partial charge in [0.25, 0.3) is 0 Å². The number of carbonyl (C=O) groups is 1. The first kappa shape index (κ1) is 16.1. The average molecular weight is 347 g/mol. The Morgan fingerprint density at radius 3 is 2.75 bits per heavy atom. The minimum atomic E-state index is -0.518. The van der Waals surface area contributed by atoms with Crippen LogP contribution >= 0.6 is 11.6 Å². The number of nitrogens with zero attached hydrogens (tertiary/aromatic N) is 3. The average Bonchev–Trinajstić information content (AvgIpc) is 3.06. The van der Waals surface area contributed by atoms with Gasteiger partial charge >= 0.3 is 0 Å². The van der Waals surface area contributed by atoms with Crippen LogP contribution < -0.4 is 5.32 Å². The van der Waals surface area contributed by atoms with Crippen LogP contribution in [0.25, 0.3) is 11.5 Å². The molecule has 122 valence electrons. The van der Waals surface area contributed by atoms with Gasteiger partial charge in [0.15, 0.2) is 0 Å². The van der Waals surface area contributed by atoms with Crippen molar-refractivity contribution >= 4 is 17.5 Å². The van der Waals surface area contributed by atoms with Crippen molar-refractivity contribution in [1.82, 2.24) is 20.5 Å². The monoisotopic (exact) mass is 346 g/mol. The fourth-order valence-electron chi connectivity index (χ4n) is 2.03. The Hall–Kier alpha value is -2.80. The molecule has 1 aromatic carbocycles. The number of rotatable bonds is 5. The van der Waals surface area contributed by atoms with Crippen LogP contribution in [0.3, 0.4) is 0 Å². The van der Waals surface area contributed by atoms with E-state index in [2.05, 4.69) is 20.5 Å². The van der Waals surface area contributed by atoms with Gasteiger partial charge < -0.3 is 9.73 Å². The van der Waals surface area contributed by atoms with Crippen LogP contribution in [0.15, 0.2) is 47.1 Å². The lowest BCUT2D eigenvalue weighted by Crippen LogP contribution is -2.25. The number of benzene rings is 1. The lowest BCUT2D eigenvalue weighted by atomic mass is 10.1. The van der Waals surface area contributed by atoms with E-state index in [1.807, 2.05) is 0 Å². The molecule has 0 aliphatic rings. The minimum Gasteiger partial charge on any atom is -0.419 e. The fraction of sp³-hybridized carbons (Fsp3) is 0.125. The fourth-order valence-corrected chi connectivity index (χ4v) is 2.26. The molecule has 1 amide bonds. The third-order valence-corrected chi connectivity index (χ3v) is 3.58. The minimum absolute atomic E-state index is 0.0446. The molecule has 0 unspecified atom stereocenters. The van der Waals surface area contributed by atoms with Crippen molar-refractivity contribution in [1.29, 1.82) is 0 Å². The maximum atomic E-state index is 13.7. The highest BCUT2D eigenvalue weighted by Crippen LogP contribution is 2.19. The predicted molar refractivity (Wildman–Crippen MR) is 84.5 cm³/mol. The SMILES string of the molecule is O=C(Cc1c(F)cccc1Cl)NCc1nnc(-c2ccncc2)o1. The topological polar surface area (TPSA) is 80.9 Å². The lowest BCUT2D eigenvalue weighted by Gasteiger charge is -2.06. The highest BCUT2D eigenvalue weighted by Gasteiger charge is 2.13. The van der Waals surface area contributed by atoms with E-state index < -0.39 is 11.7 Å². The van der Waals surface area contributed by atoms with Gasteiger partial charge in [0.05, 0.1) is 13.0 Å². The number of carbonyl (C=O) groups excluding carboxylic acids is 1. The number of hydrogen-bond acceptors (Lipinski definition) is 5. The van der Waals surface area contributed by atoms with Gasteiger partial charge in [0, 0.05) is 28.5 Å². The largest absolute Gasteiger partial charge is 0.419 e. The first-order chi connectivity index (χ1) is 11.6. The molecule has 0 aliphatic heterocycles. The summed E-state index contributed by atoms with van der Waals surface area (Å²) in [5.74, 6) is -0.338. The molecule has 0 atom stereocenters. The van der Waals surface area contributed by atoms with Crippen molar-refractivity contribution in [2.45, 2.75) is 13.0 Å². The molecule has 6 nitrogen and oxygen atoms in total. The van der Waals surface area contributed by atoms with Crippen LogP contribution in [0.5, 0.6) is 0 Å². The van der Waals surface area contributed by atoms with Gasteiger partial charge in [0.1, 0.15) is 5.82 Å². The zero-order valence-electron chi connectivity index (χ0n) is 12.4. The first-order valence-corrected chi connectivity index (χ1v) is 7.43. The van der Waals surface area contributed by atoms with E-state index in [1.54, 1.807) is 24.5 Å². The molecule has 2 heterocycles. The molecule has 0 saturated carbocycles. The Morgan fingerprint density at radius 1 is 1.21 bits per heavy atom. The van der Waals surface area contributed by atoms with Crippen LogP contribution in [0, 0.1) is 5.82 Å². The highest BCUT2D eigenvalue weighted by molar-refractivity contribution is 6.31. The number of aromatic nitrogens is 3. The molecule has 0 spiro atoms. The quantitative estimate of drug-likeness (QED) is 0.768. The normalized spacial score (nSPS) is 10.6. The smallest absolute Gasteiger partial charge is 0.247 e. The predicted octanol–water partition coefficient (Wildman–Crippen LogP) is 2.78. The Kier molecular flexibility index (Phi) is 4.81. The molecular formula is C16H12ClFN4O2. The summed E-state index contributed by atoms with van der Waals surface area (Å²) in [5, 5.41) is 10.6. The summed E-state index contributed by atoms with van der Waals surface area (Å²) in [6.45, 7) is 0.0446. The van der Waals surface area contributed by atoms with Gasteiger partial charge in [-0.05, 0) is 24.3 Å². The summed E-state index contributed by atoms with van der Waals surface area (Å²) in [4.78, 5) is 15.8. The first-order valence-electron chi connectivity index (χ1n) is 7.06. The summed E-state index contributed by atoms with van der Waals surface area (Å²) in [6.07, 6.45) is 3.05. The summed E-state index contributed by atoms with van der Waals surface area (Å²) >= 11 is 5.90. The molecule has 2 aromatic heterocycles. The Labute approximate surface area is 141 Å². The van der Waals surface area contributed by atoms with Gasteiger partial charge in [-0.15, -0.1) is 10.2 Å². The van der Waals surface area contributed by atoms with Gasteiger partial charge in [0.2, 0.25) is 17.7 Å². The third kappa shape index (κ3) is 3.75. The molecule has 24 heavy (non-hydrogen) atoms. The second-order valence-electron chi connectivity index (χ2n) is 4.89. The Balaban J connectivity index is 1.60. The molecule has 0 radical (unpaired) electrons. The number of nitrogens with one attached hydrogen (secondary N) is 1. The maximum Gasteiger partial charge on any atom is 0.247 e. The van der Waals surface area contributed by atoms with Crippen LogP contribution in [-0.2, 0) is 17.8 Å². The third-order valence-electron chi connectivity index (χ3n) is 3.23. The van der Waals surface area contributed by atoms with E-state index >= 15 is 0 Å². The van der Waals surface area contributed by atoms with Crippen molar-refractivity contribution in [2.24, 2.45) is 0 Å². The number of hydrogen-bond donors (Lipinski definition) is 1. The summed E-state index contributed by atoms with van der Waals surface area (Å²) in [6, 6.07) is 7.74. The summed E-state index contributed by atoms with van der Waals surface area (Å²) in [5.41, 5.74) is 0.882. The number of halogens is 2. The van der Waals surface area contributed by atoms with E-state index in [1.165, 1.54) is 18.2 Å². The Morgan fingerprint density at radius 2 is 2.00 bits per heavy atom. The van der Waals surface area contributed by atoms with Gasteiger partial charge in [-0.1, -0.05) is 17.7 Å². The van der Waals surface area contributed by atoms with Crippen LogP contribution in [0.2, 0.25) is 5.02 Å². The van der Waals surface area contributed by atoms with Crippen LogP contribution in [0.4, 0.5) is 4.39 Å². The van der Waals surface area contributed by atoms with Crippen molar-refractivity contribution in [2.75, 3.05) is 0 Å². The van der Waals surface area contributed by atoms with Crippen LogP contribution in [-0.4, -0.2) is 21.1 Å². The van der Waals surface area contributed by atoms with Crippen molar-refractivity contribution < 1.29 is 13.6 Å². The molecule has 0 saturated heterocycles. The van der Waals surface area contributed by atoms with Crippen molar-refractivity contribution in [3.63, 3.8) is 0 Å². The van der Waals surface area contributed by atoms with E-state index in [0.29, 0.717) is 5.89 Å². The number of pyridine rings is 1. The van der Waals surface area contributed by atoms with Crippen molar-refractivity contribution in [3.8, 4) is 11.5 Å². The second kappa shape index (κ2) is 7.18.